The zero-order chi connectivity index (χ0) is 14.5. The zero-order valence-electron chi connectivity index (χ0n) is 11.8. The first-order chi connectivity index (χ1) is 8.80. The maximum atomic E-state index is 11.1. The van der Waals surface area contributed by atoms with Crippen LogP contribution in [0.25, 0.3) is 0 Å². The predicted octanol–water partition coefficient (Wildman–Crippen LogP) is 2.49. The van der Waals surface area contributed by atoms with E-state index in [-0.39, 0.29) is 11.4 Å². The summed E-state index contributed by atoms with van der Waals surface area (Å²) in [6.45, 7) is 5.80. The molecule has 0 spiro atoms. The molecule has 1 rings (SSSR count). The topological polar surface area (TPSA) is 52.6 Å². The third-order valence-electron chi connectivity index (χ3n) is 2.51. The van der Waals surface area contributed by atoms with E-state index >= 15 is 0 Å². The molecule has 19 heavy (non-hydrogen) atoms. The van der Waals surface area contributed by atoms with Gasteiger partial charge in [-0.2, -0.15) is 0 Å². The Hall–Kier alpha value is -1.20. The molecule has 0 aliphatic heterocycles. The number of benzene rings is 1. The second-order valence-corrected chi connectivity index (χ2v) is 6.24. The number of esters is 1. The molecule has 106 valence electrons. The van der Waals surface area contributed by atoms with Gasteiger partial charge < -0.3 is 4.74 Å². The van der Waals surface area contributed by atoms with Crippen LogP contribution >= 0.6 is 0 Å². The van der Waals surface area contributed by atoms with Crippen LogP contribution in [0.15, 0.2) is 24.3 Å². The third-order valence-corrected chi connectivity index (χ3v) is 2.96. The van der Waals surface area contributed by atoms with Crippen molar-refractivity contribution in [2.45, 2.75) is 27.2 Å². The number of rotatable bonds is 6. The average molecular weight is 284 g/mol. The first-order valence-electron chi connectivity index (χ1n) is 6.03. The summed E-state index contributed by atoms with van der Waals surface area (Å²) in [6, 6.07) is 7.41. The van der Waals surface area contributed by atoms with Gasteiger partial charge in [0.2, 0.25) is 0 Å². The van der Waals surface area contributed by atoms with E-state index in [2.05, 4.69) is 0 Å². The van der Waals surface area contributed by atoms with Crippen LogP contribution in [0.5, 0.6) is 5.75 Å². The molecule has 0 aliphatic rings. The number of ether oxygens (including phenoxy) is 1. The molecule has 0 aromatic heterocycles. The van der Waals surface area contributed by atoms with E-state index in [1.807, 2.05) is 32.0 Å². The standard InChI is InChI=1S/C14H20O4S/c1-11(15)18-13-8-6-5-7-12(13)9-14(2,3)10-17-19(4)16/h5-8H,9-10H2,1-4H3/t19-/m0/s1. The lowest BCUT2D eigenvalue weighted by molar-refractivity contribution is -0.131. The lowest BCUT2D eigenvalue weighted by Crippen LogP contribution is -2.23. The van der Waals surface area contributed by atoms with E-state index in [0.29, 0.717) is 18.8 Å². The number of carbonyl (C=O) groups excluding carboxylic acids is 1. The van der Waals surface area contributed by atoms with Crippen molar-refractivity contribution in [3.8, 4) is 5.75 Å². The van der Waals surface area contributed by atoms with Crippen molar-refractivity contribution in [1.82, 2.24) is 0 Å². The Balaban J connectivity index is 2.80. The van der Waals surface area contributed by atoms with E-state index in [0.717, 1.165) is 5.56 Å². The molecular formula is C14H20O4S. The summed E-state index contributed by atoms with van der Waals surface area (Å²) in [7, 11) is 0. The molecular weight excluding hydrogens is 264 g/mol. The van der Waals surface area contributed by atoms with E-state index in [1.165, 1.54) is 13.2 Å². The van der Waals surface area contributed by atoms with E-state index < -0.39 is 11.1 Å². The van der Waals surface area contributed by atoms with E-state index in [1.54, 1.807) is 6.07 Å². The van der Waals surface area contributed by atoms with Crippen LogP contribution in [0.2, 0.25) is 0 Å². The minimum Gasteiger partial charge on any atom is -0.426 e. The molecule has 0 N–H and O–H groups in total. The first-order valence-corrected chi connectivity index (χ1v) is 7.51. The summed E-state index contributed by atoms with van der Waals surface area (Å²) in [4.78, 5) is 11.1. The Bertz CT molecular complexity index is 468. The monoisotopic (exact) mass is 284 g/mol. The van der Waals surface area contributed by atoms with Crippen LogP contribution in [0.3, 0.4) is 0 Å². The Morgan fingerprint density at radius 3 is 2.53 bits per heavy atom. The lowest BCUT2D eigenvalue weighted by atomic mass is 9.86. The molecule has 1 aromatic carbocycles. The molecule has 0 aliphatic carbocycles. The maximum absolute atomic E-state index is 11.1. The summed E-state index contributed by atoms with van der Waals surface area (Å²) in [5, 5.41) is 0. The molecule has 4 nitrogen and oxygen atoms in total. The van der Waals surface area contributed by atoms with Crippen LogP contribution in [0, 0.1) is 5.41 Å². The van der Waals surface area contributed by atoms with Crippen molar-refractivity contribution in [2.75, 3.05) is 12.9 Å². The predicted molar refractivity (Wildman–Crippen MR) is 75.3 cm³/mol. The highest BCUT2D eigenvalue weighted by atomic mass is 32.2. The fourth-order valence-corrected chi connectivity index (χ4v) is 2.20. The zero-order valence-corrected chi connectivity index (χ0v) is 12.6. The van der Waals surface area contributed by atoms with Crippen LogP contribution in [0.4, 0.5) is 0 Å². The maximum Gasteiger partial charge on any atom is 0.308 e. The molecule has 0 saturated carbocycles. The molecule has 0 heterocycles. The summed E-state index contributed by atoms with van der Waals surface area (Å²) < 4.78 is 21.3. The summed E-state index contributed by atoms with van der Waals surface area (Å²) in [5.74, 6) is 0.233. The van der Waals surface area contributed by atoms with Gasteiger partial charge in [0, 0.05) is 13.2 Å². The fourth-order valence-electron chi connectivity index (χ4n) is 1.71. The number of para-hydroxylation sites is 1. The van der Waals surface area contributed by atoms with Gasteiger partial charge in [0.15, 0.2) is 11.1 Å². The van der Waals surface area contributed by atoms with Gasteiger partial charge in [-0.05, 0) is 23.5 Å². The normalized spacial score (nSPS) is 13.1. The molecule has 1 aromatic rings. The number of hydrogen-bond donors (Lipinski definition) is 0. The number of carbonyl (C=O) groups is 1. The summed E-state index contributed by atoms with van der Waals surface area (Å²) in [5.41, 5.74) is 0.746. The van der Waals surface area contributed by atoms with E-state index in [4.69, 9.17) is 8.92 Å². The van der Waals surface area contributed by atoms with Crippen molar-refractivity contribution in [1.29, 1.82) is 0 Å². The van der Waals surface area contributed by atoms with Gasteiger partial charge in [-0.15, -0.1) is 0 Å². The largest absolute Gasteiger partial charge is 0.426 e. The van der Waals surface area contributed by atoms with Crippen molar-refractivity contribution >= 4 is 17.0 Å². The molecule has 5 heteroatoms. The molecule has 0 unspecified atom stereocenters. The molecule has 0 radical (unpaired) electrons. The van der Waals surface area contributed by atoms with Gasteiger partial charge in [0.25, 0.3) is 0 Å². The highest BCUT2D eigenvalue weighted by Crippen LogP contribution is 2.28. The summed E-state index contributed by atoms with van der Waals surface area (Å²) >= 11 is -1.27. The second-order valence-electron chi connectivity index (χ2n) is 5.21. The molecule has 0 saturated heterocycles. The van der Waals surface area contributed by atoms with Crippen molar-refractivity contribution in [3.05, 3.63) is 29.8 Å². The van der Waals surface area contributed by atoms with Gasteiger partial charge in [-0.3, -0.25) is 8.98 Å². The average Bonchev–Trinajstić information content (AvgIpc) is 2.28. The fraction of sp³-hybridized carbons (Fsp3) is 0.500. The Morgan fingerprint density at radius 2 is 1.95 bits per heavy atom. The van der Waals surface area contributed by atoms with Crippen molar-refractivity contribution in [2.24, 2.45) is 5.41 Å². The Kier molecular flexibility index (Phi) is 5.69. The van der Waals surface area contributed by atoms with Gasteiger partial charge in [0.05, 0.1) is 6.61 Å². The highest BCUT2D eigenvalue weighted by Gasteiger charge is 2.22. The third kappa shape index (κ3) is 5.98. The minimum atomic E-state index is -1.27. The van der Waals surface area contributed by atoms with Crippen molar-refractivity contribution < 1.29 is 17.9 Å². The Labute approximate surface area is 116 Å². The van der Waals surface area contributed by atoms with Gasteiger partial charge >= 0.3 is 5.97 Å². The molecule has 0 fully saturated rings. The quantitative estimate of drug-likeness (QED) is 0.595. The molecule has 0 bridgehead atoms. The smallest absolute Gasteiger partial charge is 0.308 e. The molecule has 1 atom stereocenters. The van der Waals surface area contributed by atoms with Gasteiger partial charge in [-0.1, -0.05) is 32.0 Å². The SMILES string of the molecule is CC(=O)Oc1ccccc1CC(C)(C)CO[S@@](C)=O. The van der Waals surface area contributed by atoms with Crippen LogP contribution in [0.1, 0.15) is 26.3 Å². The van der Waals surface area contributed by atoms with Gasteiger partial charge in [-0.25, -0.2) is 4.21 Å². The lowest BCUT2D eigenvalue weighted by Gasteiger charge is -2.24. The molecule has 0 amide bonds. The van der Waals surface area contributed by atoms with Crippen LogP contribution < -0.4 is 4.74 Å². The van der Waals surface area contributed by atoms with E-state index in [9.17, 15) is 9.00 Å². The first kappa shape index (κ1) is 15.9. The van der Waals surface area contributed by atoms with Crippen molar-refractivity contribution in [3.63, 3.8) is 0 Å². The Morgan fingerprint density at radius 1 is 1.32 bits per heavy atom. The summed E-state index contributed by atoms with van der Waals surface area (Å²) in [6.07, 6.45) is 2.18. The highest BCUT2D eigenvalue weighted by molar-refractivity contribution is 7.79. The van der Waals surface area contributed by atoms with Gasteiger partial charge in [0.1, 0.15) is 5.75 Å². The van der Waals surface area contributed by atoms with Crippen LogP contribution in [-0.4, -0.2) is 23.0 Å². The number of hydrogen-bond acceptors (Lipinski definition) is 4. The van der Waals surface area contributed by atoms with Crippen LogP contribution in [-0.2, 0) is 26.5 Å². The second kappa shape index (κ2) is 6.82. The minimum absolute atomic E-state index is 0.193.